The van der Waals surface area contributed by atoms with Gasteiger partial charge in [-0.05, 0) is 48.2 Å². The monoisotopic (exact) mass is 326 g/mol. The highest BCUT2D eigenvalue weighted by Gasteiger charge is 2.19. The summed E-state index contributed by atoms with van der Waals surface area (Å²) in [5.41, 5.74) is 0.324. The second-order valence-electron chi connectivity index (χ2n) is 4.82. The number of hydrogen-bond donors (Lipinski definition) is 0. The first-order chi connectivity index (χ1) is 9.95. The van der Waals surface area contributed by atoms with Crippen molar-refractivity contribution in [2.45, 2.75) is 12.3 Å². The van der Waals surface area contributed by atoms with Gasteiger partial charge in [-0.2, -0.15) is 0 Å². The minimum atomic E-state index is -0.805. The average molecular weight is 327 g/mol. The maximum atomic E-state index is 14.0. The molecule has 21 heavy (non-hydrogen) atoms. The van der Waals surface area contributed by atoms with E-state index < -0.39 is 17.0 Å². The third kappa shape index (κ3) is 2.65. The molecule has 0 N–H and O–H groups in total. The molecular weight excluding hydrogens is 317 g/mol. The first kappa shape index (κ1) is 14.4. The minimum absolute atomic E-state index is 0.0896. The lowest BCUT2D eigenvalue weighted by Gasteiger charge is -2.10. The van der Waals surface area contributed by atoms with Gasteiger partial charge in [0.05, 0.1) is 5.38 Å². The van der Waals surface area contributed by atoms with Crippen molar-refractivity contribution < 1.29 is 13.2 Å². The van der Waals surface area contributed by atoms with E-state index in [4.69, 9.17) is 11.6 Å². The Hall–Kier alpha value is -1.52. The molecule has 3 rings (SSSR count). The topological polar surface area (TPSA) is 0 Å². The van der Waals surface area contributed by atoms with Crippen molar-refractivity contribution in [2.75, 3.05) is 0 Å². The minimum Gasteiger partial charge on any atom is -0.207 e. The summed E-state index contributed by atoms with van der Waals surface area (Å²) in [4.78, 5) is 0.652. The molecule has 1 unspecified atom stereocenters. The summed E-state index contributed by atoms with van der Waals surface area (Å²) >= 11 is 7.55. The molecular formula is C16H10ClF3S. The fourth-order valence-electron chi connectivity index (χ4n) is 2.16. The molecule has 0 aliphatic rings. The van der Waals surface area contributed by atoms with Crippen molar-refractivity contribution in [3.8, 4) is 0 Å². The Balaban J connectivity index is 2.07. The van der Waals surface area contributed by atoms with Crippen molar-refractivity contribution in [3.05, 3.63) is 69.9 Å². The van der Waals surface area contributed by atoms with E-state index in [1.165, 1.54) is 30.4 Å². The number of hydrogen-bond acceptors (Lipinski definition) is 1. The molecule has 0 bridgehead atoms. The molecule has 0 aliphatic carbocycles. The summed E-state index contributed by atoms with van der Waals surface area (Å²) in [7, 11) is 0. The van der Waals surface area contributed by atoms with Crippen LogP contribution in [0.25, 0.3) is 10.1 Å². The van der Waals surface area contributed by atoms with Crippen LogP contribution in [0.1, 0.15) is 21.4 Å². The quantitative estimate of drug-likeness (QED) is 0.510. The number of aryl methyl sites for hydroxylation is 1. The molecule has 108 valence electrons. The first-order valence-corrected chi connectivity index (χ1v) is 7.49. The third-order valence-corrected chi connectivity index (χ3v) is 5.06. The molecule has 1 heterocycles. The van der Waals surface area contributed by atoms with Gasteiger partial charge in [0.1, 0.15) is 17.5 Å². The Labute approximate surface area is 128 Å². The van der Waals surface area contributed by atoms with Gasteiger partial charge >= 0.3 is 0 Å². The molecule has 0 amide bonds. The molecule has 0 aliphatic heterocycles. The molecule has 1 atom stereocenters. The predicted octanol–water partition coefficient (Wildman–Crippen LogP) is 5.96. The summed E-state index contributed by atoms with van der Waals surface area (Å²) < 4.78 is 41.5. The van der Waals surface area contributed by atoms with E-state index in [1.54, 1.807) is 12.1 Å². The van der Waals surface area contributed by atoms with E-state index in [-0.39, 0.29) is 16.9 Å². The van der Waals surface area contributed by atoms with Crippen molar-refractivity contribution in [2.24, 2.45) is 0 Å². The molecule has 3 aromatic rings. The van der Waals surface area contributed by atoms with Crippen LogP contribution in [-0.2, 0) is 0 Å². The smallest absolute Gasteiger partial charge is 0.128 e. The summed E-state index contributed by atoms with van der Waals surface area (Å²) in [6.07, 6.45) is 0. The first-order valence-electron chi connectivity index (χ1n) is 6.24. The van der Waals surface area contributed by atoms with Gasteiger partial charge in [0.15, 0.2) is 0 Å². The molecule has 0 nitrogen and oxygen atoms in total. The van der Waals surface area contributed by atoms with Crippen LogP contribution < -0.4 is 0 Å². The van der Waals surface area contributed by atoms with E-state index in [0.29, 0.717) is 4.88 Å². The summed E-state index contributed by atoms with van der Waals surface area (Å²) in [6.45, 7) is 1.49. The molecule has 1 aromatic heterocycles. The van der Waals surface area contributed by atoms with Gasteiger partial charge in [0, 0.05) is 15.1 Å². The Kier molecular flexibility index (Phi) is 3.68. The van der Waals surface area contributed by atoms with Crippen LogP contribution >= 0.6 is 22.9 Å². The maximum Gasteiger partial charge on any atom is 0.128 e. The summed E-state index contributed by atoms with van der Waals surface area (Å²) in [5.74, 6) is -1.38. The van der Waals surface area contributed by atoms with Crippen LogP contribution in [0.3, 0.4) is 0 Å². The molecule has 0 saturated heterocycles. The predicted molar refractivity (Wildman–Crippen MR) is 80.6 cm³/mol. The van der Waals surface area contributed by atoms with Gasteiger partial charge in [0.2, 0.25) is 0 Å². The molecule has 0 saturated carbocycles. The van der Waals surface area contributed by atoms with Crippen molar-refractivity contribution in [3.63, 3.8) is 0 Å². The number of benzene rings is 2. The fraction of sp³-hybridized carbons (Fsp3) is 0.125. The van der Waals surface area contributed by atoms with Crippen LogP contribution in [0, 0.1) is 24.4 Å². The number of thiophene rings is 1. The van der Waals surface area contributed by atoms with Crippen molar-refractivity contribution in [1.29, 1.82) is 0 Å². The SMILES string of the molecule is Cc1cc(F)c(C(Cl)c2cc3ccc(F)cc3s2)cc1F. The molecule has 0 fully saturated rings. The van der Waals surface area contributed by atoms with Gasteiger partial charge in [0.25, 0.3) is 0 Å². The largest absolute Gasteiger partial charge is 0.207 e. The third-order valence-electron chi connectivity index (χ3n) is 3.30. The summed E-state index contributed by atoms with van der Waals surface area (Å²) in [5, 5.41) is 0.0237. The van der Waals surface area contributed by atoms with Gasteiger partial charge in [-0.25, -0.2) is 13.2 Å². The van der Waals surface area contributed by atoms with Crippen LogP contribution in [0.15, 0.2) is 36.4 Å². The van der Waals surface area contributed by atoms with E-state index in [1.807, 2.05) is 0 Å². The van der Waals surface area contributed by atoms with Gasteiger partial charge in [-0.15, -0.1) is 22.9 Å². The zero-order chi connectivity index (χ0) is 15.1. The van der Waals surface area contributed by atoms with E-state index in [2.05, 4.69) is 0 Å². The fourth-order valence-corrected chi connectivity index (χ4v) is 3.61. The number of rotatable bonds is 2. The maximum absolute atomic E-state index is 14.0. The van der Waals surface area contributed by atoms with Crippen LogP contribution in [-0.4, -0.2) is 0 Å². The average Bonchev–Trinajstić information content (AvgIpc) is 2.85. The highest BCUT2D eigenvalue weighted by Crippen LogP contribution is 2.38. The standard InChI is InChI=1S/C16H10ClF3S/c1-8-4-13(20)11(7-12(8)19)16(17)15-5-9-2-3-10(18)6-14(9)21-15/h2-7,16H,1H3. The molecule has 0 spiro atoms. The Morgan fingerprint density at radius 2 is 1.76 bits per heavy atom. The molecule has 2 aromatic carbocycles. The highest BCUT2D eigenvalue weighted by molar-refractivity contribution is 7.19. The lowest BCUT2D eigenvalue weighted by Crippen LogP contribution is -1.98. The lowest BCUT2D eigenvalue weighted by atomic mass is 10.1. The van der Waals surface area contributed by atoms with Crippen molar-refractivity contribution >= 4 is 33.0 Å². The Bertz CT molecular complexity index is 826. The van der Waals surface area contributed by atoms with Crippen LogP contribution in [0.5, 0.6) is 0 Å². The molecule has 5 heteroatoms. The van der Waals surface area contributed by atoms with E-state index in [9.17, 15) is 13.2 Å². The van der Waals surface area contributed by atoms with Crippen LogP contribution in [0.2, 0.25) is 0 Å². The zero-order valence-corrected chi connectivity index (χ0v) is 12.5. The highest BCUT2D eigenvalue weighted by atomic mass is 35.5. The summed E-state index contributed by atoms with van der Waals surface area (Å²) in [6, 6.07) is 8.42. The van der Waals surface area contributed by atoms with Gasteiger partial charge in [-0.3, -0.25) is 0 Å². The van der Waals surface area contributed by atoms with Gasteiger partial charge < -0.3 is 0 Å². The van der Waals surface area contributed by atoms with E-state index in [0.717, 1.165) is 22.2 Å². The van der Waals surface area contributed by atoms with E-state index >= 15 is 0 Å². The number of halogens is 4. The number of alkyl halides is 1. The Morgan fingerprint density at radius 1 is 1.00 bits per heavy atom. The van der Waals surface area contributed by atoms with Crippen molar-refractivity contribution in [1.82, 2.24) is 0 Å². The second kappa shape index (κ2) is 5.35. The molecule has 0 radical (unpaired) electrons. The lowest BCUT2D eigenvalue weighted by molar-refractivity contribution is 0.581. The second-order valence-corrected chi connectivity index (χ2v) is 6.37. The number of fused-ring (bicyclic) bond motifs is 1. The normalized spacial score (nSPS) is 12.8. The Morgan fingerprint density at radius 3 is 2.52 bits per heavy atom. The van der Waals surface area contributed by atoms with Crippen LogP contribution in [0.4, 0.5) is 13.2 Å². The van der Waals surface area contributed by atoms with Gasteiger partial charge in [-0.1, -0.05) is 6.07 Å². The zero-order valence-electron chi connectivity index (χ0n) is 11.0.